The summed E-state index contributed by atoms with van der Waals surface area (Å²) >= 11 is 0. The minimum Gasteiger partial charge on any atom is -0.465 e. The molecule has 27 heavy (non-hydrogen) atoms. The molecule has 0 radical (unpaired) electrons. The van der Waals surface area contributed by atoms with Gasteiger partial charge in [0.15, 0.2) is 0 Å². The van der Waals surface area contributed by atoms with Crippen molar-refractivity contribution in [2.75, 3.05) is 26.7 Å². The summed E-state index contributed by atoms with van der Waals surface area (Å²) in [5, 5.41) is 2.43. The Bertz CT molecular complexity index is 816. The number of nitrogens with zero attached hydrogens (tertiary/aromatic N) is 2. The van der Waals surface area contributed by atoms with E-state index in [0.29, 0.717) is 19.2 Å². The molecule has 1 saturated carbocycles. The van der Waals surface area contributed by atoms with Crippen LogP contribution in [0.15, 0.2) is 42.5 Å². The first-order valence-corrected chi connectivity index (χ1v) is 9.63. The van der Waals surface area contributed by atoms with Gasteiger partial charge in [-0.05, 0) is 49.1 Å². The van der Waals surface area contributed by atoms with E-state index < -0.39 is 0 Å². The number of likely N-dealkylation sites (N-methyl/N-ethyl adjacent to an activating group) is 1. The van der Waals surface area contributed by atoms with E-state index in [1.54, 1.807) is 14.0 Å². The van der Waals surface area contributed by atoms with Crippen LogP contribution in [0.1, 0.15) is 38.3 Å². The zero-order chi connectivity index (χ0) is 19.4. The Hall–Kier alpha value is -2.40. The van der Waals surface area contributed by atoms with Gasteiger partial charge in [-0.1, -0.05) is 36.4 Å². The maximum atomic E-state index is 12.7. The van der Waals surface area contributed by atoms with Gasteiger partial charge < -0.3 is 9.64 Å². The maximum Gasteiger partial charge on any atom is 0.325 e. The van der Waals surface area contributed by atoms with Crippen LogP contribution in [0.2, 0.25) is 0 Å². The SMILES string of the molecule is CCOC(=O)CN(C)C(=O)CN(C1CC1)C(C)c1ccc2ccccc2c1. The molecule has 1 atom stereocenters. The summed E-state index contributed by atoms with van der Waals surface area (Å²) in [7, 11) is 1.66. The molecule has 5 heteroatoms. The molecule has 0 aromatic heterocycles. The molecule has 1 aliphatic rings. The minimum absolute atomic E-state index is 0.00443. The number of carbonyl (C=O) groups is 2. The van der Waals surface area contributed by atoms with Crippen LogP contribution in [0.5, 0.6) is 0 Å². The van der Waals surface area contributed by atoms with Crippen molar-refractivity contribution in [3.63, 3.8) is 0 Å². The molecule has 1 fully saturated rings. The molecule has 2 aromatic carbocycles. The van der Waals surface area contributed by atoms with E-state index in [-0.39, 0.29) is 24.5 Å². The largest absolute Gasteiger partial charge is 0.465 e. The number of ether oxygens (including phenoxy) is 1. The summed E-state index contributed by atoms with van der Waals surface area (Å²) in [6, 6.07) is 15.4. The van der Waals surface area contributed by atoms with Gasteiger partial charge in [-0.15, -0.1) is 0 Å². The van der Waals surface area contributed by atoms with Gasteiger partial charge in [0.25, 0.3) is 0 Å². The highest BCUT2D eigenvalue weighted by molar-refractivity contribution is 5.84. The molecule has 0 N–H and O–H groups in total. The van der Waals surface area contributed by atoms with Gasteiger partial charge in [0.2, 0.25) is 5.91 Å². The highest BCUT2D eigenvalue weighted by Crippen LogP contribution is 2.35. The second-order valence-corrected chi connectivity index (χ2v) is 7.24. The lowest BCUT2D eigenvalue weighted by molar-refractivity contribution is -0.148. The molecule has 0 spiro atoms. The number of amides is 1. The van der Waals surface area contributed by atoms with Crippen LogP contribution in [0.4, 0.5) is 0 Å². The molecule has 1 amide bonds. The van der Waals surface area contributed by atoms with Crippen molar-refractivity contribution in [1.82, 2.24) is 9.80 Å². The summed E-state index contributed by atoms with van der Waals surface area (Å²) in [6.07, 6.45) is 2.24. The lowest BCUT2D eigenvalue weighted by Gasteiger charge is -2.30. The van der Waals surface area contributed by atoms with Crippen LogP contribution in [0.3, 0.4) is 0 Å². The highest BCUT2D eigenvalue weighted by atomic mass is 16.5. The Kier molecular flexibility index (Phi) is 6.11. The normalized spacial score (nSPS) is 15.0. The fraction of sp³-hybridized carbons (Fsp3) is 0.455. The van der Waals surface area contributed by atoms with E-state index in [9.17, 15) is 9.59 Å². The second kappa shape index (κ2) is 8.53. The fourth-order valence-electron chi connectivity index (χ4n) is 3.41. The van der Waals surface area contributed by atoms with E-state index >= 15 is 0 Å². The monoisotopic (exact) mass is 368 g/mol. The molecule has 0 bridgehead atoms. The number of benzene rings is 2. The zero-order valence-corrected chi connectivity index (χ0v) is 16.4. The van der Waals surface area contributed by atoms with E-state index in [4.69, 9.17) is 4.74 Å². The third-order valence-corrected chi connectivity index (χ3v) is 5.18. The maximum absolute atomic E-state index is 12.7. The quantitative estimate of drug-likeness (QED) is 0.670. The van der Waals surface area contributed by atoms with Crippen molar-refractivity contribution in [3.8, 4) is 0 Å². The van der Waals surface area contributed by atoms with Crippen molar-refractivity contribution in [1.29, 1.82) is 0 Å². The molecule has 0 saturated heterocycles. The van der Waals surface area contributed by atoms with Crippen molar-refractivity contribution < 1.29 is 14.3 Å². The minimum atomic E-state index is -0.367. The van der Waals surface area contributed by atoms with Gasteiger partial charge in [-0.2, -0.15) is 0 Å². The van der Waals surface area contributed by atoms with Crippen molar-refractivity contribution in [2.45, 2.75) is 38.8 Å². The number of carbonyl (C=O) groups excluding carboxylic acids is 2. The summed E-state index contributed by atoms with van der Waals surface area (Å²) in [6.45, 7) is 4.55. The number of fused-ring (bicyclic) bond motifs is 1. The molecule has 2 aromatic rings. The molecule has 1 aliphatic carbocycles. The Morgan fingerprint density at radius 2 is 1.81 bits per heavy atom. The lowest BCUT2D eigenvalue weighted by Crippen LogP contribution is -2.42. The third kappa shape index (κ3) is 4.86. The van der Waals surface area contributed by atoms with E-state index in [0.717, 1.165) is 12.8 Å². The molecule has 0 aliphatic heterocycles. The predicted octanol–water partition coefficient (Wildman–Crippen LogP) is 3.39. The highest BCUT2D eigenvalue weighted by Gasteiger charge is 2.34. The fourth-order valence-corrected chi connectivity index (χ4v) is 3.41. The third-order valence-electron chi connectivity index (χ3n) is 5.18. The number of rotatable bonds is 8. The number of esters is 1. The number of hydrogen-bond donors (Lipinski definition) is 0. The van der Waals surface area contributed by atoms with Gasteiger partial charge in [-0.3, -0.25) is 14.5 Å². The Morgan fingerprint density at radius 3 is 2.48 bits per heavy atom. The summed E-state index contributed by atoms with van der Waals surface area (Å²) in [5.74, 6) is -0.420. The predicted molar refractivity (Wildman–Crippen MR) is 106 cm³/mol. The van der Waals surface area contributed by atoms with Gasteiger partial charge >= 0.3 is 5.97 Å². The molecular weight excluding hydrogens is 340 g/mol. The van der Waals surface area contributed by atoms with E-state index in [1.165, 1.54) is 21.2 Å². The zero-order valence-electron chi connectivity index (χ0n) is 16.4. The molecule has 5 nitrogen and oxygen atoms in total. The molecular formula is C22H28N2O3. The average Bonchev–Trinajstić information content (AvgIpc) is 3.50. The Balaban J connectivity index is 1.70. The molecule has 144 valence electrons. The summed E-state index contributed by atoms with van der Waals surface area (Å²) < 4.78 is 4.94. The molecule has 3 rings (SSSR count). The second-order valence-electron chi connectivity index (χ2n) is 7.24. The van der Waals surface area contributed by atoms with Gasteiger partial charge in [0, 0.05) is 19.1 Å². The molecule has 1 unspecified atom stereocenters. The molecule has 0 heterocycles. The van der Waals surface area contributed by atoms with Crippen LogP contribution in [0, 0.1) is 0 Å². The first-order valence-electron chi connectivity index (χ1n) is 9.63. The summed E-state index contributed by atoms with van der Waals surface area (Å²) in [5.41, 5.74) is 1.21. The average molecular weight is 368 g/mol. The Morgan fingerprint density at radius 1 is 1.11 bits per heavy atom. The van der Waals surface area contributed by atoms with Crippen LogP contribution in [-0.2, 0) is 14.3 Å². The number of hydrogen-bond acceptors (Lipinski definition) is 4. The van der Waals surface area contributed by atoms with Crippen LogP contribution in [-0.4, -0.2) is 54.5 Å². The van der Waals surface area contributed by atoms with E-state index in [1.807, 2.05) is 12.1 Å². The van der Waals surface area contributed by atoms with E-state index in [2.05, 4.69) is 42.2 Å². The van der Waals surface area contributed by atoms with Crippen LogP contribution in [0.25, 0.3) is 10.8 Å². The van der Waals surface area contributed by atoms with Gasteiger partial charge in [-0.25, -0.2) is 0 Å². The van der Waals surface area contributed by atoms with Gasteiger partial charge in [0.05, 0.1) is 13.2 Å². The first-order chi connectivity index (χ1) is 13.0. The van der Waals surface area contributed by atoms with Gasteiger partial charge in [0.1, 0.15) is 6.54 Å². The van der Waals surface area contributed by atoms with Crippen molar-refractivity contribution in [3.05, 3.63) is 48.0 Å². The first kappa shape index (κ1) is 19.4. The lowest BCUT2D eigenvalue weighted by atomic mass is 10.0. The Labute approximate surface area is 160 Å². The van der Waals surface area contributed by atoms with Crippen LogP contribution >= 0.6 is 0 Å². The standard InChI is InChI=1S/C22H28N2O3/c1-4-27-22(26)15-23(3)21(25)14-24(20-11-12-20)16(2)18-10-9-17-7-5-6-8-19(17)13-18/h5-10,13,16,20H,4,11-12,14-15H2,1-3H3. The van der Waals surface area contributed by atoms with Crippen LogP contribution < -0.4 is 0 Å². The topological polar surface area (TPSA) is 49.9 Å². The van der Waals surface area contributed by atoms with Crippen molar-refractivity contribution in [2.24, 2.45) is 0 Å². The van der Waals surface area contributed by atoms with Crippen molar-refractivity contribution >= 4 is 22.6 Å². The smallest absolute Gasteiger partial charge is 0.325 e. The summed E-state index contributed by atoms with van der Waals surface area (Å²) in [4.78, 5) is 28.0.